The Kier molecular flexibility index (Phi) is 9.94. The van der Waals surface area contributed by atoms with Gasteiger partial charge in [0.25, 0.3) is 0 Å². The quantitative estimate of drug-likeness (QED) is 0.437. The van der Waals surface area contributed by atoms with Crippen molar-refractivity contribution in [3.05, 3.63) is 65.7 Å². The zero-order chi connectivity index (χ0) is 26.8. The van der Waals surface area contributed by atoms with Crippen LogP contribution in [0.25, 0.3) is 0 Å². The summed E-state index contributed by atoms with van der Waals surface area (Å²) in [6, 6.07) is 17.6. The van der Waals surface area contributed by atoms with E-state index >= 15 is 0 Å². The number of carboxylic acids is 1. The lowest BCUT2D eigenvalue weighted by molar-refractivity contribution is -0.142. The summed E-state index contributed by atoms with van der Waals surface area (Å²) in [6.07, 6.45) is 2.20. The first-order valence-corrected chi connectivity index (χ1v) is 12.9. The molecule has 2 amide bonds. The highest BCUT2D eigenvalue weighted by molar-refractivity contribution is 5.85. The maximum atomic E-state index is 12.9. The normalized spacial score (nSPS) is 17.5. The number of aryl methyl sites for hydroxylation is 1. The molecule has 2 aromatic rings. The summed E-state index contributed by atoms with van der Waals surface area (Å²) in [5.41, 5.74) is 1.73. The van der Waals surface area contributed by atoms with Crippen LogP contribution in [0.1, 0.15) is 51.2 Å². The molecular formula is C29H38N2O6. The van der Waals surface area contributed by atoms with Crippen LogP contribution < -0.4 is 10.1 Å². The van der Waals surface area contributed by atoms with E-state index in [0.717, 1.165) is 18.4 Å². The number of carbonyl (C=O) groups is 3. The summed E-state index contributed by atoms with van der Waals surface area (Å²) in [5.74, 6) is -0.886. The Morgan fingerprint density at radius 3 is 2.35 bits per heavy atom. The van der Waals surface area contributed by atoms with Crippen molar-refractivity contribution in [2.45, 2.75) is 64.5 Å². The molecule has 1 aliphatic rings. The lowest BCUT2D eigenvalue weighted by Gasteiger charge is -2.25. The van der Waals surface area contributed by atoms with Crippen LogP contribution >= 0.6 is 0 Å². The first-order chi connectivity index (χ1) is 17.6. The lowest BCUT2D eigenvalue weighted by atomic mass is 10.0. The molecule has 1 fully saturated rings. The van der Waals surface area contributed by atoms with Crippen LogP contribution in [0.5, 0.6) is 5.75 Å². The maximum absolute atomic E-state index is 12.9. The molecule has 0 saturated carbocycles. The van der Waals surface area contributed by atoms with Gasteiger partial charge in [0, 0.05) is 13.1 Å². The predicted octanol–water partition coefficient (Wildman–Crippen LogP) is 4.46. The van der Waals surface area contributed by atoms with Crippen molar-refractivity contribution in [2.75, 3.05) is 19.7 Å². The van der Waals surface area contributed by atoms with Crippen molar-refractivity contribution in [3.8, 4) is 5.75 Å². The molecule has 3 rings (SSSR count). The lowest BCUT2D eigenvalue weighted by Crippen LogP contribution is -2.38. The molecule has 0 radical (unpaired) electrons. The molecule has 2 atom stereocenters. The van der Waals surface area contributed by atoms with E-state index in [-0.39, 0.29) is 18.4 Å². The van der Waals surface area contributed by atoms with Crippen molar-refractivity contribution < 1.29 is 29.0 Å². The van der Waals surface area contributed by atoms with Crippen molar-refractivity contribution in [3.63, 3.8) is 0 Å². The predicted molar refractivity (Wildman–Crippen MR) is 141 cm³/mol. The number of nitrogens with zero attached hydrogens (tertiary/aromatic N) is 1. The molecule has 1 saturated heterocycles. The van der Waals surface area contributed by atoms with Gasteiger partial charge >= 0.3 is 12.1 Å². The summed E-state index contributed by atoms with van der Waals surface area (Å²) in [6.45, 7) is 6.81. The van der Waals surface area contributed by atoms with Gasteiger partial charge in [0.2, 0.25) is 5.91 Å². The van der Waals surface area contributed by atoms with Crippen LogP contribution in [0.4, 0.5) is 4.79 Å². The van der Waals surface area contributed by atoms with Crippen LogP contribution in [-0.4, -0.2) is 59.3 Å². The molecule has 8 heteroatoms. The van der Waals surface area contributed by atoms with Gasteiger partial charge in [-0.15, -0.1) is 0 Å². The third-order valence-corrected chi connectivity index (χ3v) is 6.21. The highest BCUT2D eigenvalue weighted by atomic mass is 16.6. The van der Waals surface area contributed by atoms with Crippen LogP contribution in [0.2, 0.25) is 0 Å². The fraction of sp³-hybridized carbons (Fsp3) is 0.483. The van der Waals surface area contributed by atoms with Crippen molar-refractivity contribution in [1.29, 1.82) is 0 Å². The molecule has 0 aromatic heterocycles. The molecule has 1 aliphatic heterocycles. The fourth-order valence-electron chi connectivity index (χ4n) is 4.47. The molecule has 0 spiro atoms. The van der Waals surface area contributed by atoms with Gasteiger partial charge in [-0.3, -0.25) is 9.59 Å². The van der Waals surface area contributed by atoms with Crippen molar-refractivity contribution >= 4 is 18.0 Å². The van der Waals surface area contributed by atoms with E-state index < -0.39 is 23.6 Å². The van der Waals surface area contributed by atoms with E-state index in [1.165, 1.54) is 5.56 Å². The van der Waals surface area contributed by atoms with Crippen LogP contribution in [0.3, 0.4) is 0 Å². The summed E-state index contributed by atoms with van der Waals surface area (Å²) in [5, 5.41) is 12.0. The third-order valence-electron chi connectivity index (χ3n) is 6.21. The maximum Gasteiger partial charge on any atom is 0.407 e. The number of carbonyl (C=O) groups excluding carboxylic acids is 2. The summed E-state index contributed by atoms with van der Waals surface area (Å²) in [7, 11) is 0. The largest absolute Gasteiger partial charge is 0.491 e. The standard InChI is InChI=1S/C29H38N2O6/c1-29(2,3)37-28(35)30-16-15-22-11-13-25(14-12-22)36-20-24-18-23(19-26(32)33)27(34)31(24)17-7-10-21-8-5-4-6-9-21/h4-6,8-9,11-14,23-24H,7,10,15-20H2,1-3H3,(H,30,35)(H,32,33)/t23-,24-/m0/s1. The van der Waals surface area contributed by atoms with Gasteiger partial charge in [0.1, 0.15) is 18.0 Å². The molecule has 0 aliphatic carbocycles. The van der Waals surface area contributed by atoms with Crippen LogP contribution in [0.15, 0.2) is 54.6 Å². The highest BCUT2D eigenvalue weighted by Crippen LogP contribution is 2.28. The number of aliphatic carboxylic acids is 1. The molecular weight excluding hydrogens is 472 g/mol. The van der Waals surface area contributed by atoms with Crippen LogP contribution in [0, 0.1) is 5.92 Å². The van der Waals surface area contributed by atoms with E-state index in [2.05, 4.69) is 17.4 Å². The fourth-order valence-corrected chi connectivity index (χ4v) is 4.47. The number of hydrogen-bond acceptors (Lipinski definition) is 5. The first-order valence-electron chi connectivity index (χ1n) is 12.9. The number of hydrogen-bond donors (Lipinski definition) is 2. The Morgan fingerprint density at radius 2 is 1.70 bits per heavy atom. The monoisotopic (exact) mass is 510 g/mol. The minimum atomic E-state index is -0.957. The van der Waals surface area contributed by atoms with E-state index in [0.29, 0.717) is 38.3 Å². The smallest absolute Gasteiger partial charge is 0.407 e. The van der Waals surface area contributed by atoms with Gasteiger partial charge in [-0.25, -0.2) is 4.79 Å². The van der Waals surface area contributed by atoms with E-state index in [1.807, 2.05) is 63.2 Å². The number of benzene rings is 2. The molecule has 8 nitrogen and oxygen atoms in total. The Hall–Kier alpha value is -3.55. The first kappa shape index (κ1) is 28.0. The minimum absolute atomic E-state index is 0.100. The Balaban J connectivity index is 1.50. The van der Waals surface area contributed by atoms with Crippen molar-refractivity contribution in [1.82, 2.24) is 10.2 Å². The highest BCUT2D eigenvalue weighted by Gasteiger charge is 2.40. The van der Waals surface area contributed by atoms with Gasteiger partial charge in [-0.2, -0.15) is 0 Å². The van der Waals surface area contributed by atoms with Gasteiger partial charge < -0.3 is 24.8 Å². The summed E-state index contributed by atoms with van der Waals surface area (Å²) < 4.78 is 11.2. The summed E-state index contributed by atoms with van der Waals surface area (Å²) in [4.78, 5) is 37.8. The van der Waals surface area contributed by atoms with Gasteiger partial charge in [0.15, 0.2) is 0 Å². The molecule has 2 aromatic carbocycles. The Labute approximate surface area is 219 Å². The number of alkyl carbamates (subject to hydrolysis) is 1. The van der Waals surface area contributed by atoms with E-state index in [9.17, 15) is 19.5 Å². The van der Waals surface area contributed by atoms with Gasteiger partial charge in [-0.1, -0.05) is 42.5 Å². The Bertz CT molecular complexity index is 1030. The zero-order valence-corrected chi connectivity index (χ0v) is 21.9. The molecule has 37 heavy (non-hydrogen) atoms. The topological polar surface area (TPSA) is 105 Å². The Morgan fingerprint density at radius 1 is 1.03 bits per heavy atom. The van der Waals surface area contributed by atoms with E-state index in [1.54, 1.807) is 4.90 Å². The third kappa shape index (κ3) is 9.44. The second-order valence-electron chi connectivity index (χ2n) is 10.4. The molecule has 2 N–H and O–H groups in total. The SMILES string of the molecule is CC(C)(C)OC(=O)NCCc1ccc(OC[C@@H]2C[C@@H](CC(=O)O)C(=O)N2CCCc2ccccc2)cc1. The van der Waals surface area contributed by atoms with E-state index in [4.69, 9.17) is 9.47 Å². The number of rotatable bonds is 12. The zero-order valence-electron chi connectivity index (χ0n) is 21.9. The molecule has 0 bridgehead atoms. The van der Waals surface area contributed by atoms with Crippen LogP contribution in [-0.2, 0) is 27.2 Å². The molecule has 0 unspecified atom stereocenters. The van der Waals surface area contributed by atoms with Gasteiger partial charge in [-0.05, 0) is 69.7 Å². The number of nitrogens with one attached hydrogen (secondary N) is 1. The summed E-state index contributed by atoms with van der Waals surface area (Å²) >= 11 is 0. The number of carboxylic acid groups (broad SMARTS) is 1. The minimum Gasteiger partial charge on any atom is -0.491 e. The van der Waals surface area contributed by atoms with Gasteiger partial charge in [0.05, 0.1) is 18.4 Å². The number of ether oxygens (including phenoxy) is 2. The van der Waals surface area contributed by atoms with Crippen molar-refractivity contribution in [2.24, 2.45) is 5.92 Å². The second-order valence-corrected chi connectivity index (χ2v) is 10.4. The average Bonchev–Trinajstić information content (AvgIpc) is 3.12. The number of likely N-dealkylation sites (tertiary alicyclic amines) is 1. The second kappa shape index (κ2) is 13.1. The molecule has 1 heterocycles. The number of amides is 2. The molecule has 200 valence electrons. The average molecular weight is 511 g/mol.